The van der Waals surface area contributed by atoms with Gasteiger partial charge in [0.2, 0.25) is 5.88 Å². The molecule has 23 heavy (non-hydrogen) atoms. The van der Waals surface area contributed by atoms with Crippen molar-refractivity contribution in [2.45, 2.75) is 18.1 Å². The number of anilines is 1. The Labute approximate surface area is 141 Å². The summed E-state index contributed by atoms with van der Waals surface area (Å²) < 4.78 is 20.3. The van der Waals surface area contributed by atoms with E-state index in [-0.39, 0.29) is 16.7 Å². The van der Waals surface area contributed by atoms with Crippen LogP contribution < -0.4 is 15.0 Å². The maximum absolute atomic E-state index is 14.5. The van der Waals surface area contributed by atoms with Gasteiger partial charge in [0.25, 0.3) is 0 Å². The Morgan fingerprint density at radius 2 is 2.30 bits per heavy atom. The van der Waals surface area contributed by atoms with Crippen LogP contribution in [0.3, 0.4) is 0 Å². The Balaban J connectivity index is 2.01. The summed E-state index contributed by atoms with van der Waals surface area (Å²) in [4.78, 5) is 15.2. The fourth-order valence-corrected chi connectivity index (χ4v) is 3.68. The van der Waals surface area contributed by atoms with Crippen LogP contribution in [0.2, 0.25) is 5.15 Å². The summed E-state index contributed by atoms with van der Waals surface area (Å²) in [5, 5.41) is 4.18. The summed E-state index contributed by atoms with van der Waals surface area (Å²) >= 11 is 7.40. The molecule has 1 fully saturated rings. The lowest BCUT2D eigenvalue weighted by Crippen LogP contribution is -2.53. The van der Waals surface area contributed by atoms with E-state index in [1.165, 1.54) is 11.8 Å². The number of piperazine rings is 1. The van der Waals surface area contributed by atoms with Crippen molar-refractivity contribution in [2.75, 3.05) is 36.9 Å². The Morgan fingerprint density at radius 1 is 1.43 bits per heavy atom. The molecule has 1 unspecified atom stereocenters. The summed E-state index contributed by atoms with van der Waals surface area (Å²) in [7, 11) is 0. The maximum Gasteiger partial charge on any atom is 0.228 e. The molecule has 0 radical (unpaired) electrons. The lowest BCUT2D eigenvalue weighted by molar-refractivity contribution is 0.266. The maximum atomic E-state index is 14.5. The van der Waals surface area contributed by atoms with Crippen molar-refractivity contribution in [1.29, 1.82) is 0 Å². The first-order valence-corrected chi connectivity index (χ1v) is 8.85. The second-order valence-corrected chi connectivity index (χ2v) is 6.96. The lowest BCUT2D eigenvalue weighted by atomic mass is 10.2. The Morgan fingerprint density at radius 3 is 3.13 bits per heavy atom. The Bertz CT molecular complexity index is 777. The largest absolute Gasteiger partial charge is 0.475 e. The molecule has 1 atom stereocenters. The van der Waals surface area contributed by atoms with Gasteiger partial charge in [0.15, 0.2) is 16.1 Å². The molecule has 2 aliphatic rings. The van der Waals surface area contributed by atoms with E-state index in [2.05, 4.69) is 25.2 Å². The fourth-order valence-electron chi connectivity index (χ4n) is 2.95. The van der Waals surface area contributed by atoms with Gasteiger partial charge >= 0.3 is 0 Å². The van der Waals surface area contributed by atoms with Crippen LogP contribution in [0.4, 0.5) is 10.2 Å². The molecule has 1 saturated heterocycles. The third-order valence-electron chi connectivity index (χ3n) is 3.98. The monoisotopic (exact) mass is 355 g/mol. The van der Waals surface area contributed by atoms with Gasteiger partial charge in [0, 0.05) is 19.6 Å². The second kappa shape index (κ2) is 5.92. The van der Waals surface area contributed by atoms with Crippen molar-refractivity contribution in [3.63, 3.8) is 0 Å². The average Bonchev–Trinajstić information content (AvgIpc) is 2.71. The molecule has 0 spiro atoms. The zero-order chi connectivity index (χ0) is 16.0. The third kappa shape index (κ3) is 2.49. The van der Waals surface area contributed by atoms with Gasteiger partial charge < -0.3 is 15.0 Å². The molecule has 0 aliphatic carbocycles. The highest BCUT2D eigenvalue weighted by Gasteiger charge is 2.32. The minimum absolute atomic E-state index is 0.123. The van der Waals surface area contributed by atoms with Crippen LogP contribution in [0.5, 0.6) is 5.88 Å². The lowest BCUT2D eigenvalue weighted by Gasteiger charge is -2.35. The Hall–Kier alpha value is -1.38. The average molecular weight is 356 g/mol. The van der Waals surface area contributed by atoms with Crippen molar-refractivity contribution in [2.24, 2.45) is 0 Å². The van der Waals surface area contributed by atoms with Crippen molar-refractivity contribution in [1.82, 2.24) is 20.3 Å². The molecule has 9 heteroatoms. The number of hydrogen-bond donors (Lipinski definition) is 1. The molecule has 2 aromatic heterocycles. The quantitative estimate of drug-likeness (QED) is 0.503. The van der Waals surface area contributed by atoms with Crippen LogP contribution in [-0.2, 0) is 0 Å². The van der Waals surface area contributed by atoms with Crippen LogP contribution in [-0.4, -0.2) is 53.0 Å². The predicted octanol–water partition coefficient (Wildman–Crippen LogP) is 2.10. The van der Waals surface area contributed by atoms with E-state index in [0.717, 1.165) is 25.4 Å². The number of pyridine rings is 1. The molecule has 0 saturated carbocycles. The highest BCUT2D eigenvalue weighted by Crippen LogP contribution is 2.39. The number of rotatable bonds is 2. The second-order valence-electron chi connectivity index (χ2n) is 5.37. The van der Waals surface area contributed by atoms with E-state index >= 15 is 0 Å². The standard InChI is InChI=1S/C14H15ClFN5OS/c1-2-23-14-18-10-8-12(20-14)21-4-3-17-5-7(21)6-22-13(8)19-11(15)9(10)16/h7,17H,2-6H2,1H3. The number of nitrogens with zero attached hydrogens (tertiary/aromatic N) is 4. The number of fused-ring (bicyclic) bond motifs is 2. The molecular formula is C14H15ClFN5OS. The number of nitrogens with one attached hydrogen (secondary N) is 1. The summed E-state index contributed by atoms with van der Waals surface area (Å²) in [6, 6.07) is 0.123. The number of ether oxygens (including phenoxy) is 1. The molecule has 2 aliphatic heterocycles. The highest BCUT2D eigenvalue weighted by atomic mass is 35.5. The first kappa shape index (κ1) is 15.2. The van der Waals surface area contributed by atoms with Gasteiger partial charge in [0.1, 0.15) is 23.3 Å². The Kier molecular flexibility index (Phi) is 3.90. The zero-order valence-corrected chi connectivity index (χ0v) is 14.0. The number of halogens is 2. The van der Waals surface area contributed by atoms with E-state index in [9.17, 15) is 4.39 Å². The first-order chi connectivity index (χ1) is 11.2. The van der Waals surface area contributed by atoms with Crippen LogP contribution >= 0.6 is 23.4 Å². The van der Waals surface area contributed by atoms with E-state index in [1.807, 2.05) is 6.92 Å². The number of hydrogen-bond acceptors (Lipinski definition) is 7. The van der Waals surface area contributed by atoms with Gasteiger partial charge in [-0.1, -0.05) is 30.3 Å². The molecule has 0 aromatic carbocycles. The molecule has 4 heterocycles. The van der Waals surface area contributed by atoms with E-state index in [4.69, 9.17) is 16.3 Å². The van der Waals surface area contributed by atoms with E-state index < -0.39 is 5.82 Å². The van der Waals surface area contributed by atoms with Crippen LogP contribution in [0.1, 0.15) is 6.92 Å². The molecule has 1 N–H and O–H groups in total. The van der Waals surface area contributed by atoms with Crippen molar-refractivity contribution < 1.29 is 9.13 Å². The van der Waals surface area contributed by atoms with Crippen LogP contribution in [0.25, 0.3) is 10.9 Å². The van der Waals surface area contributed by atoms with Crippen molar-refractivity contribution >= 4 is 40.1 Å². The summed E-state index contributed by atoms with van der Waals surface area (Å²) in [5.74, 6) is 1.18. The topological polar surface area (TPSA) is 63.2 Å². The van der Waals surface area contributed by atoms with Gasteiger partial charge in [-0.15, -0.1) is 0 Å². The van der Waals surface area contributed by atoms with E-state index in [0.29, 0.717) is 28.8 Å². The van der Waals surface area contributed by atoms with Crippen molar-refractivity contribution in [3.8, 4) is 5.88 Å². The predicted molar refractivity (Wildman–Crippen MR) is 88.2 cm³/mol. The third-order valence-corrected chi connectivity index (χ3v) is 4.96. The molecule has 2 aromatic rings. The van der Waals surface area contributed by atoms with Crippen LogP contribution in [0, 0.1) is 5.82 Å². The summed E-state index contributed by atoms with van der Waals surface area (Å²) in [6.07, 6.45) is 0. The van der Waals surface area contributed by atoms with Gasteiger partial charge in [0.05, 0.1) is 6.04 Å². The molecular weight excluding hydrogens is 341 g/mol. The van der Waals surface area contributed by atoms with Gasteiger partial charge in [-0.05, 0) is 5.75 Å². The van der Waals surface area contributed by atoms with E-state index in [1.54, 1.807) is 0 Å². The summed E-state index contributed by atoms with van der Waals surface area (Å²) in [5.41, 5.74) is 0.181. The number of aromatic nitrogens is 3. The minimum atomic E-state index is -0.621. The van der Waals surface area contributed by atoms with Gasteiger partial charge in [-0.3, -0.25) is 0 Å². The smallest absolute Gasteiger partial charge is 0.228 e. The molecule has 0 amide bonds. The molecule has 0 bridgehead atoms. The molecule has 122 valence electrons. The first-order valence-electron chi connectivity index (χ1n) is 7.48. The van der Waals surface area contributed by atoms with Gasteiger partial charge in [-0.25, -0.2) is 14.4 Å². The fraction of sp³-hybridized carbons (Fsp3) is 0.500. The zero-order valence-electron chi connectivity index (χ0n) is 12.5. The van der Waals surface area contributed by atoms with Gasteiger partial charge in [-0.2, -0.15) is 4.98 Å². The minimum Gasteiger partial charge on any atom is -0.475 e. The van der Waals surface area contributed by atoms with Crippen LogP contribution in [0.15, 0.2) is 5.16 Å². The SMILES string of the molecule is CCSc1nc2c3c(nc(Cl)c(F)c3n1)OCC1CNCCN21. The molecule has 6 nitrogen and oxygen atoms in total. The normalized spacial score (nSPS) is 20.1. The highest BCUT2D eigenvalue weighted by molar-refractivity contribution is 7.99. The summed E-state index contributed by atoms with van der Waals surface area (Å²) in [6.45, 7) is 4.86. The van der Waals surface area contributed by atoms with Crippen molar-refractivity contribution in [3.05, 3.63) is 11.0 Å². The molecule has 4 rings (SSSR count). The number of thioether (sulfide) groups is 1.